The second kappa shape index (κ2) is 5.12. The predicted octanol–water partition coefficient (Wildman–Crippen LogP) is 2.17. The maximum Gasteiger partial charge on any atom is 0.180 e. The van der Waals surface area contributed by atoms with E-state index >= 15 is 0 Å². The monoisotopic (exact) mass is 280 g/mol. The van der Waals surface area contributed by atoms with E-state index in [1.807, 2.05) is 18.3 Å². The van der Waals surface area contributed by atoms with E-state index in [0.717, 1.165) is 30.8 Å². The number of hydrogen-bond acceptors (Lipinski definition) is 5. The minimum absolute atomic E-state index is 0.666. The number of fused-ring (bicyclic) bond motifs is 2. The number of pyridine rings is 1. The minimum atomic E-state index is 0.666. The van der Waals surface area contributed by atoms with Crippen LogP contribution >= 0.6 is 0 Å². The standard InChI is InChI=1S/C15H16N6/c1-2-8-21-13(3-1)11(10-19-21)9-18-14-5-4-12-15(20-14)17-7-6-16-12/h4-7,10H,1-3,8-9H2,(H,17,18,20). The van der Waals surface area contributed by atoms with Gasteiger partial charge in [-0.05, 0) is 31.4 Å². The van der Waals surface area contributed by atoms with Crippen molar-refractivity contribution in [2.45, 2.75) is 32.4 Å². The van der Waals surface area contributed by atoms with Crippen LogP contribution in [0.25, 0.3) is 11.2 Å². The van der Waals surface area contributed by atoms with Crippen LogP contribution in [-0.2, 0) is 19.5 Å². The van der Waals surface area contributed by atoms with Crippen LogP contribution in [0.1, 0.15) is 24.1 Å². The van der Waals surface area contributed by atoms with Gasteiger partial charge in [-0.2, -0.15) is 5.10 Å². The molecule has 6 nitrogen and oxygen atoms in total. The van der Waals surface area contributed by atoms with Crippen molar-refractivity contribution < 1.29 is 0 Å². The second-order valence-electron chi connectivity index (χ2n) is 5.25. The highest BCUT2D eigenvalue weighted by atomic mass is 15.3. The first-order valence-corrected chi connectivity index (χ1v) is 7.25. The first-order chi connectivity index (χ1) is 10.4. The zero-order valence-electron chi connectivity index (χ0n) is 11.7. The fraction of sp³-hybridized carbons (Fsp3) is 0.333. The number of hydrogen-bond donors (Lipinski definition) is 1. The normalized spacial score (nSPS) is 14.1. The van der Waals surface area contributed by atoms with Gasteiger partial charge in [0.05, 0.1) is 6.20 Å². The highest BCUT2D eigenvalue weighted by Crippen LogP contribution is 2.19. The van der Waals surface area contributed by atoms with Crippen molar-refractivity contribution in [1.82, 2.24) is 24.7 Å². The van der Waals surface area contributed by atoms with E-state index < -0.39 is 0 Å². The Bertz CT molecular complexity index is 779. The summed E-state index contributed by atoms with van der Waals surface area (Å²) in [4.78, 5) is 12.9. The molecule has 0 bridgehead atoms. The van der Waals surface area contributed by atoms with Crippen LogP contribution in [0.15, 0.2) is 30.7 Å². The maximum atomic E-state index is 4.47. The molecule has 0 aliphatic carbocycles. The molecular weight excluding hydrogens is 264 g/mol. The molecule has 4 rings (SSSR count). The van der Waals surface area contributed by atoms with Gasteiger partial charge in [-0.15, -0.1) is 0 Å². The summed E-state index contributed by atoms with van der Waals surface area (Å²) in [6.07, 6.45) is 8.90. The Morgan fingerprint density at radius 1 is 1.14 bits per heavy atom. The Morgan fingerprint density at radius 2 is 2.10 bits per heavy atom. The summed E-state index contributed by atoms with van der Waals surface area (Å²) in [5.74, 6) is 0.818. The number of nitrogens with one attached hydrogen (secondary N) is 1. The van der Waals surface area contributed by atoms with E-state index in [9.17, 15) is 0 Å². The molecule has 4 heterocycles. The smallest absolute Gasteiger partial charge is 0.180 e. The quantitative estimate of drug-likeness (QED) is 0.796. The number of rotatable bonds is 3. The van der Waals surface area contributed by atoms with E-state index in [1.165, 1.54) is 24.1 Å². The minimum Gasteiger partial charge on any atom is -0.366 e. The molecule has 0 atom stereocenters. The predicted molar refractivity (Wildman–Crippen MR) is 79.8 cm³/mol. The van der Waals surface area contributed by atoms with Crippen molar-refractivity contribution in [3.63, 3.8) is 0 Å². The molecule has 3 aromatic rings. The van der Waals surface area contributed by atoms with Crippen LogP contribution in [0, 0.1) is 0 Å². The van der Waals surface area contributed by atoms with Crippen LogP contribution in [0.3, 0.4) is 0 Å². The SMILES string of the molecule is c1cnc2nc(NCc3cnn4c3CCCC4)ccc2n1. The molecule has 0 saturated heterocycles. The number of anilines is 1. The molecule has 3 aromatic heterocycles. The summed E-state index contributed by atoms with van der Waals surface area (Å²) in [5.41, 5.74) is 4.09. The molecule has 21 heavy (non-hydrogen) atoms. The van der Waals surface area contributed by atoms with Gasteiger partial charge < -0.3 is 5.32 Å². The van der Waals surface area contributed by atoms with Gasteiger partial charge in [0.25, 0.3) is 0 Å². The molecule has 0 saturated carbocycles. The largest absolute Gasteiger partial charge is 0.366 e. The van der Waals surface area contributed by atoms with Gasteiger partial charge in [-0.25, -0.2) is 9.97 Å². The van der Waals surface area contributed by atoms with E-state index in [1.54, 1.807) is 12.4 Å². The lowest BCUT2D eigenvalue weighted by Gasteiger charge is -2.15. The van der Waals surface area contributed by atoms with Gasteiger partial charge in [0.1, 0.15) is 11.3 Å². The first-order valence-electron chi connectivity index (χ1n) is 7.25. The lowest BCUT2D eigenvalue weighted by atomic mass is 10.1. The number of nitrogens with zero attached hydrogens (tertiary/aromatic N) is 5. The van der Waals surface area contributed by atoms with Crippen molar-refractivity contribution in [2.24, 2.45) is 0 Å². The van der Waals surface area contributed by atoms with Crippen LogP contribution < -0.4 is 5.32 Å². The lowest BCUT2D eigenvalue weighted by Crippen LogP contribution is -2.13. The number of aryl methyl sites for hydroxylation is 1. The van der Waals surface area contributed by atoms with Gasteiger partial charge in [-0.3, -0.25) is 9.67 Å². The van der Waals surface area contributed by atoms with Gasteiger partial charge >= 0.3 is 0 Å². The molecule has 0 unspecified atom stereocenters. The Balaban J connectivity index is 1.54. The van der Waals surface area contributed by atoms with Crippen LogP contribution in [-0.4, -0.2) is 24.7 Å². The molecule has 0 amide bonds. The Labute approximate surface area is 122 Å². The van der Waals surface area contributed by atoms with Crippen molar-refractivity contribution >= 4 is 17.0 Å². The third-order valence-electron chi connectivity index (χ3n) is 3.86. The zero-order chi connectivity index (χ0) is 14.1. The van der Waals surface area contributed by atoms with Crippen molar-refractivity contribution in [3.05, 3.63) is 42.0 Å². The van der Waals surface area contributed by atoms with Gasteiger partial charge in [0.2, 0.25) is 0 Å². The molecule has 0 aromatic carbocycles. The van der Waals surface area contributed by atoms with Crippen molar-refractivity contribution in [3.8, 4) is 0 Å². The lowest BCUT2D eigenvalue weighted by molar-refractivity contribution is 0.484. The Kier molecular flexibility index (Phi) is 2.99. The molecule has 1 N–H and O–H groups in total. The van der Waals surface area contributed by atoms with Gasteiger partial charge in [0.15, 0.2) is 5.65 Å². The maximum absolute atomic E-state index is 4.47. The molecule has 6 heteroatoms. The fourth-order valence-electron chi connectivity index (χ4n) is 2.77. The third kappa shape index (κ3) is 2.33. The van der Waals surface area contributed by atoms with Crippen molar-refractivity contribution in [2.75, 3.05) is 5.32 Å². The van der Waals surface area contributed by atoms with E-state index in [2.05, 4.69) is 30.0 Å². The summed E-state index contributed by atoms with van der Waals surface area (Å²) in [6.45, 7) is 1.78. The van der Waals surface area contributed by atoms with E-state index in [-0.39, 0.29) is 0 Å². The third-order valence-corrected chi connectivity index (χ3v) is 3.86. The van der Waals surface area contributed by atoms with Gasteiger partial charge in [0, 0.05) is 36.7 Å². The summed E-state index contributed by atoms with van der Waals surface area (Å²) < 4.78 is 2.12. The summed E-state index contributed by atoms with van der Waals surface area (Å²) in [6, 6.07) is 3.87. The summed E-state index contributed by atoms with van der Waals surface area (Å²) >= 11 is 0. The molecule has 106 valence electrons. The Hall–Kier alpha value is -2.50. The summed E-state index contributed by atoms with van der Waals surface area (Å²) in [5, 5.41) is 7.81. The van der Waals surface area contributed by atoms with Gasteiger partial charge in [-0.1, -0.05) is 0 Å². The van der Waals surface area contributed by atoms with Crippen LogP contribution in [0.2, 0.25) is 0 Å². The van der Waals surface area contributed by atoms with E-state index in [4.69, 9.17) is 0 Å². The summed E-state index contributed by atoms with van der Waals surface area (Å²) in [7, 11) is 0. The fourth-order valence-corrected chi connectivity index (χ4v) is 2.77. The zero-order valence-corrected chi connectivity index (χ0v) is 11.7. The average Bonchev–Trinajstić information content (AvgIpc) is 2.96. The first kappa shape index (κ1) is 12.3. The molecular formula is C15H16N6. The molecule has 1 aliphatic rings. The molecule has 0 spiro atoms. The van der Waals surface area contributed by atoms with E-state index in [0.29, 0.717) is 5.65 Å². The highest BCUT2D eigenvalue weighted by molar-refractivity contribution is 5.71. The molecule has 1 aliphatic heterocycles. The van der Waals surface area contributed by atoms with Crippen LogP contribution in [0.5, 0.6) is 0 Å². The van der Waals surface area contributed by atoms with Crippen LogP contribution in [0.4, 0.5) is 5.82 Å². The van der Waals surface area contributed by atoms with Crippen molar-refractivity contribution in [1.29, 1.82) is 0 Å². The number of aromatic nitrogens is 5. The topological polar surface area (TPSA) is 68.5 Å². The average molecular weight is 280 g/mol. The highest BCUT2D eigenvalue weighted by Gasteiger charge is 2.14. The molecule has 0 radical (unpaired) electrons. The molecule has 0 fully saturated rings. The second-order valence-corrected chi connectivity index (χ2v) is 5.25. The Morgan fingerprint density at radius 3 is 3.10 bits per heavy atom.